The van der Waals surface area contributed by atoms with Gasteiger partial charge in [-0.05, 0) is 52.0 Å². The molecule has 3 nitrogen and oxygen atoms in total. The largest absolute Gasteiger partial charge is 0.343 e. The summed E-state index contributed by atoms with van der Waals surface area (Å²) in [6, 6.07) is 14.6. The minimum absolute atomic E-state index is 0.0563. The third kappa shape index (κ3) is 1.94. The Labute approximate surface area is 120 Å². The first kappa shape index (κ1) is 13.0. The van der Waals surface area contributed by atoms with Crippen LogP contribution in [0.5, 0.6) is 0 Å². The number of rotatable bonds is 1. The summed E-state index contributed by atoms with van der Waals surface area (Å²) in [5.41, 5.74) is 2.45. The number of fused-ring (bicyclic) bond motifs is 1. The zero-order chi connectivity index (χ0) is 14.3. The summed E-state index contributed by atoms with van der Waals surface area (Å²) in [4.78, 5) is 9.35. The molecule has 2 aromatic rings. The molecule has 1 aliphatic heterocycles. The highest BCUT2D eigenvalue weighted by Crippen LogP contribution is 2.45. The van der Waals surface area contributed by atoms with Gasteiger partial charge < -0.3 is 9.80 Å². The molecule has 0 radical (unpaired) electrons. The van der Waals surface area contributed by atoms with Crippen LogP contribution in [0.25, 0.3) is 0 Å². The molecule has 20 heavy (non-hydrogen) atoms. The molecule has 0 spiro atoms. The maximum atomic E-state index is 4.62. The molecule has 1 aromatic heterocycles. The summed E-state index contributed by atoms with van der Waals surface area (Å²) >= 11 is 0. The maximum absolute atomic E-state index is 4.62. The van der Waals surface area contributed by atoms with Crippen molar-refractivity contribution < 1.29 is 0 Å². The van der Waals surface area contributed by atoms with Gasteiger partial charge in [0, 0.05) is 17.4 Å². The fourth-order valence-corrected chi connectivity index (χ4v) is 3.10. The van der Waals surface area contributed by atoms with Gasteiger partial charge in [0.2, 0.25) is 0 Å². The van der Waals surface area contributed by atoms with E-state index in [1.165, 1.54) is 11.4 Å². The van der Waals surface area contributed by atoms with Crippen LogP contribution >= 0.6 is 0 Å². The molecule has 0 aliphatic carbocycles. The lowest BCUT2D eigenvalue weighted by Gasteiger charge is -2.39. The fourth-order valence-electron chi connectivity index (χ4n) is 3.10. The number of pyridine rings is 1. The first-order chi connectivity index (χ1) is 9.50. The van der Waals surface area contributed by atoms with Crippen LogP contribution in [0.2, 0.25) is 0 Å². The Balaban J connectivity index is 2.14. The lowest BCUT2D eigenvalue weighted by Crippen LogP contribution is -2.49. The van der Waals surface area contributed by atoms with Crippen LogP contribution in [0, 0.1) is 0 Å². The van der Waals surface area contributed by atoms with Gasteiger partial charge in [-0.1, -0.05) is 18.2 Å². The fraction of sp³-hybridized carbons (Fsp3) is 0.353. The van der Waals surface area contributed by atoms with Crippen molar-refractivity contribution in [2.45, 2.75) is 39.4 Å². The molecule has 2 heterocycles. The summed E-state index contributed by atoms with van der Waals surface area (Å²) in [5, 5.41) is 0. The van der Waals surface area contributed by atoms with Crippen LogP contribution < -0.4 is 9.80 Å². The summed E-state index contributed by atoms with van der Waals surface area (Å²) in [5.74, 6) is 1.04. The molecule has 0 saturated carbocycles. The van der Waals surface area contributed by atoms with Crippen molar-refractivity contribution in [3.8, 4) is 0 Å². The SMILES string of the molecule is CC1N(c2ccccc2)c2ncccc2N1C(C)(C)C. The Morgan fingerprint density at radius 1 is 1.00 bits per heavy atom. The maximum Gasteiger partial charge on any atom is 0.158 e. The monoisotopic (exact) mass is 267 g/mol. The van der Waals surface area contributed by atoms with E-state index in [0.29, 0.717) is 0 Å². The molecule has 3 heteroatoms. The summed E-state index contributed by atoms with van der Waals surface area (Å²) in [6.07, 6.45) is 2.12. The number of aromatic nitrogens is 1. The van der Waals surface area contributed by atoms with E-state index in [1.54, 1.807) is 0 Å². The third-order valence-electron chi connectivity index (χ3n) is 3.76. The van der Waals surface area contributed by atoms with Crippen molar-refractivity contribution in [1.29, 1.82) is 0 Å². The van der Waals surface area contributed by atoms with Crippen LogP contribution in [0.3, 0.4) is 0 Å². The van der Waals surface area contributed by atoms with Crippen molar-refractivity contribution >= 4 is 17.2 Å². The van der Waals surface area contributed by atoms with Crippen molar-refractivity contribution in [3.05, 3.63) is 48.7 Å². The normalized spacial score (nSPS) is 18.3. The Kier molecular flexibility index (Phi) is 2.93. The van der Waals surface area contributed by atoms with Gasteiger partial charge in [-0.25, -0.2) is 4.98 Å². The number of hydrogen-bond acceptors (Lipinski definition) is 3. The Hall–Kier alpha value is -2.03. The van der Waals surface area contributed by atoms with E-state index in [9.17, 15) is 0 Å². The molecule has 0 fully saturated rings. The third-order valence-corrected chi connectivity index (χ3v) is 3.76. The summed E-state index contributed by atoms with van der Waals surface area (Å²) < 4.78 is 0. The topological polar surface area (TPSA) is 19.4 Å². The quantitative estimate of drug-likeness (QED) is 0.772. The molecule has 1 aromatic carbocycles. The summed E-state index contributed by atoms with van der Waals surface area (Å²) in [6.45, 7) is 8.97. The number of anilines is 3. The van der Waals surface area contributed by atoms with Gasteiger partial charge in [-0.2, -0.15) is 0 Å². The van der Waals surface area contributed by atoms with E-state index < -0.39 is 0 Å². The van der Waals surface area contributed by atoms with Gasteiger partial charge >= 0.3 is 0 Å². The van der Waals surface area contributed by atoms with E-state index in [4.69, 9.17) is 0 Å². The van der Waals surface area contributed by atoms with Crippen LogP contribution in [0.1, 0.15) is 27.7 Å². The molecule has 0 N–H and O–H groups in total. The van der Waals surface area contributed by atoms with Crippen LogP contribution in [0.4, 0.5) is 17.2 Å². The molecular weight excluding hydrogens is 246 g/mol. The second-order valence-electron chi connectivity index (χ2n) is 6.22. The number of nitrogens with zero attached hydrogens (tertiary/aromatic N) is 3. The highest BCUT2D eigenvalue weighted by Gasteiger charge is 2.40. The smallest absolute Gasteiger partial charge is 0.158 e. The van der Waals surface area contributed by atoms with Crippen LogP contribution in [-0.4, -0.2) is 16.7 Å². The number of benzene rings is 1. The van der Waals surface area contributed by atoms with Gasteiger partial charge in [0.05, 0.1) is 5.69 Å². The Morgan fingerprint density at radius 3 is 2.35 bits per heavy atom. The lowest BCUT2D eigenvalue weighted by molar-refractivity contribution is 0.468. The van der Waals surface area contributed by atoms with Gasteiger partial charge in [0.15, 0.2) is 5.82 Å². The van der Waals surface area contributed by atoms with Gasteiger partial charge in [-0.3, -0.25) is 0 Å². The number of para-hydroxylation sites is 1. The molecule has 1 aliphatic rings. The standard InChI is InChI=1S/C17H21N3/c1-13-19(14-9-6-5-7-10-14)16-15(11-8-12-18-16)20(13)17(2,3)4/h5-13H,1-4H3. The average Bonchev–Trinajstić information content (AvgIpc) is 2.71. The lowest BCUT2D eigenvalue weighted by atomic mass is 10.1. The van der Waals surface area contributed by atoms with Gasteiger partial charge in [-0.15, -0.1) is 0 Å². The molecule has 104 valence electrons. The Bertz CT molecular complexity index is 601. The van der Waals surface area contributed by atoms with E-state index in [0.717, 1.165) is 5.82 Å². The molecular formula is C17H21N3. The Morgan fingerprint density at radius 2 is 1.70 bits per heavy atom. The van der Waals surface area contributed by atoms with Crippen LogP contribution in [0.15, 0.2) is 48.7 Å². The molecule has 1 atom stereocenters. The zero-order valence-electron chi connectivity index (χ0n) is 12.5. The van der Waals surface area contributed by atoms with Crippen molar-refractivity contribution in [3.63, 3.8) is 0 Å². The first-order valence-electron chi connectivity index (χ1n) is 7.09. The molecule has 0 saturated heterocycles. The highest BCUT2D eigenvalue weighted by atomic mass is 15.5. The van der Waals surface area contributed by atoms with E-state index in [2.05, 4.69) is 72.8 Å². The van der Waals surface area contributed by atoms with E-state index in [1.807, 2.05) is 18.3 Å². The van der Waals surface area contributed by atoms with Gasteiger partial charge in [0.25, 0.3) is 0 Å². The number of hydrogen-bond donors (Lipinski definition) is 0. The summed E-state index contributed by atoms with van der Waals surface area (Å²) in [7, 11) is 0. The van der Waals surface area contributed by atoms with Crippen LogP contribution in [-0.2, 0) is 0 Å². The zero-order valence-corrected chi connectivity index (χ0v) is 12.5. The van der Waals surface area contributed by atoms with Crippen molar-refractivity contribution in [2.24, 2.45) is 0 Å². The predicted molar refractivity (Wildman–Crippen MR) is 84.5 cm³/mol. The average molecular weight is 267 g/mol. The van der Waals surface area contributed by atoms with Crippen molar-refractivity contribution in [1.82, 2.24) is 4.98 Å². The van der Waals surface area contributed by atoms with Crippen molar-refractivity contribution in [2.75, 3.05) is 9.80 Å². The molecule has 3 rings (SSSR count). The van der Waals surface area contributed by atoms with E-state index in [-0.39, 0.29) is 11.7 Å². The predicted octanol–water partition coefficient (Wildman–Crippen LogP) is 4.18. The minimum atomic E-state index is 0.0563. The second kappa shape index (κ2) is 4.51. The molecule has 1 unspecified atom stereocenters. The first-order valence-corrected chi connectivity index (χ1v) is 7.09. The highest BCUT2D eigenvalue weighted by molar-refractivity contribution is 5.81. The molecule has 0 amide bonds. The molecule has 0 bridgehead atoms. The second-order valence-corrected chi connectivity index (χ2v) is 6.22. The minimum Gasteiger partial charge on any atom is -0.343 e. The van der Waals surface area contributed by atoms with E-state index >= 15 is 0 Å². The van der Waals surface area contributed by atoms with Gasteiger partial charge in [0.1, 0.15) is 6.17 Å².